The maximum Gasteiger partial charge on any atom is 0.309 e. The zero-order valence-electron chi connectivity index (χ0n) is 20.8. The van der Waals surface area contributed by atoms with Crippen molar-refractivity contribution in [2.24, 2.45) is 35.0 Å². The van der Waals surface area contributed by atoms with E-state index in [0.29, 0.717) is 25.6 Å². The Bertz CT molecular complexity index is 694. The molecule has 0 aromatic rings. The Kier molecular flexibility index (Phi) is 7.63. The fraction of sp³-hybridized carbons (Fsp3) is 0.920. The second-order valence-corrected chi connectivity index (χ2v) is 10.1. The van der Waals surface area contributed by atoms with Crippen LogP contribution in [0.25, 0.3) is 0 Å². The van der Waals surface area contributed by atoms with E-state index < -0.39 is 5.60 Å². The highest BCUT2D eigenvalue weighted by molar-refractivity contribution is 5.75. The van der Waals surface area contributed by atoms with Crippen LogP contribution in [0.1, 0.15) is 67.2 Å². The third-order valence-corrected chi connectivity index (χ3v) is 8.70. The molecule has 2 saturated carbocycles. The van der Waals surface area contributed by atoms with Crippen molar-refractivity contribution < 1.29 is 33.6 Å². The zero-order chi connectivity index (χ0) is 23.8. The second kappa shape index (κ2) is 9.59. The van der Waals surface area contributed by atoms with Crippen molar-refractivity contribution in [3.8, 4) is 0 Å². The first-order valence-corrected chi connectivity index (χ1v) is 12.4. The van der Waals surface area contributed by atoms with Crippen LogP contribution < -0.4 is 0 Å². The van der Waals surface area contributed by atoms with Gasteiger partial charge in [-0.1, -0.05) is 41.5 Å². The van der Waals surface area contributed by atoms with E-state index in [1.54, 1.807) is 0 Å². The topological polar surface area (TPSA) is 94.6 Å². The summed E-state index contributed by atoms with van der Waals surface area (Å²) in [6.45, 7) is 13.6. The predicted molar refractivity (Wildman–Crippen MR) is 119 cm³/mol. The molecule has 5 aliphatic rings. The fourth-order valence-corrected chi connectivity index (χ4v) is 7.02. The highest BCUT2D eigenvalue weighted by Crippen LogP contribution is 2.70. The van der Waals surface area contributed by atoms with Crippen molar-refractivity contribution in [1.29, 1.82) is 0 Å². The first kappa shape index (κ1) is 25.4. The number of carbonyl (C=O) groups is 2. The van der Waals surface area contributed by atoms with Crippen LogP contribution in [0.2, 0.25) is 0 Å². The molecule has 7 heteroatoms. The Balaban J connectivity index is 0.000000686. The smallest absolute Gasteiger partial charge is 0.309 e. The van der Waals surface area contributed by atoms with Crippen LogP contribution in [0, 0.1) is 35.0 Å². The number of fused-ring (bicyclic) bond motifs is 3. The average molecular weight is 455 g/mol. The van der Waals surface area contributed by atoms with E-state index in [9.17, 15) is 9.59 Å². The summed E-state index contributed by atoms with van der Waals surface area (Å²) in [6, 6.07) is 0. The average Bonchev–Trinajstić information content (AvgIpc) is 3.43. The van der Waals surface area contributed by atoms with Crippen molar-refractivity contribution >= 4 is 11.9 Å². The number of hydrogen-bond acceptors (Lipinski definition) is 7. The number of hydrogen-bond donors (Lipinski definition) is 1. The quantitative estimate of drug-likeness (QED) is 0.516. The highest BCUT2D eigenvalue weighted by atomic mass is 16.7. The van der Waals surface area contributed by atoms with Crippen LogP contribution in [0.5, 0.6) is 0 Å². The summed E-state index contributed by atoms with van der Waals surface area (Å²) in [5.74, 6) is 0.893. The predicted octanol–water partition coefficient (Wildman–Crippen LogP) is 3.36. The van der Waals surface area contributed by atoms with Gasteiger partial charge in [0.15, 0.2) is 0 Å². The monoisotopic (exact) mass is 454 g/mol. The van der Waals surface area contributed by atoms with Crippen LogP contribution in [0.3, 0.4) is 0 Å². The van der Waals surface area contributed by atoms with Crippen LogP contribution in [-0.4, -0.2) is 61.3 Å². The molecule has 2 aliphatic carbocycles. The van der Waals surface area contributed by atoms with Crippen molar-refractivity contribution in [3.05, 3.63) is 0 Å². The summed E-state index contributed by atoms with van der Waals surface area (Å²) in [4.78, 5) is 24.3. The van der Waals surface area contributed by atoms with Crippen molar-refractivity contribution in [2.45, 2.75) is 91.1 Å². The van der Waals surface area contributed by atoms with E-state index in [2.05, 4.69) is 20.8 Å². The number of epoxide rings is 1. The van der Waals surface area contributed by atoms with E-state index >= 15 is 0 Å². The molecule has 9 unspecified atom stereocenters. The molecule has 0 radical (unpaired) electrons. The summed E-state index contributed by atoms with van der Waals surface area (Å²) >= 11 is 0. The molecule has 184 valence electrons. The number of aliphatic hydroxyl groups excluding tert-OH is 1. The Morgan fingerprint density at radius 1 is 1.25 bits per heavy atom. The molecule has 0 aromatic heterocycles. The van der Waals surface area contributed by atoms with E-state index in [-0.39, 0.29) is 59.3 Å². The summed E-state index contributed by atoms with van der Waals surface area (Å²) in [5, 5.41) is 7.00. The first-order valence-electron chi connectivity index (χ1n) is 12.4. The van der Waals surface area contributed by atoms with Gasteiger partial charge in [-0.25, -0.2) is 0 Å². The maximum absolute atomic E-state index is 12.2. The van der Waals surface area contributed by atoms with E-state index in [1.165, 1.54) is 0 Å². The van der Waals surface area contributed by atoms with Gasteiger partial charge in [-0.3, -0.25) is 9.59 Å². The minimum absolute atomic E-state index is 0.00699. The highest BCUT2D eigenvalue weighted by Gasteiger charge is 2.80. The van der Waals surface area contributed by atoms with Gasteiger partial charge in [-0.15, -0.1) is 0 Å². The lowest BCUT2D eigenvalue weighted by atomic mass is 9.50. The maximum atomic E-state index is 12.2. The van der Waals surface area contributed by atoms with Crippen LogP contribution in [-0.2, 0) is 28.5 Å². The SMILES string of the molecule is CC.CCC(=O)OC1C(C(C)C)CC2OC23C1OCC1C2COC(=O)C2CCC13C.CO. The number of carbonyl (C=O) groups excluding carboxylic acids is 2. The lowest BCUT2D eigenvalue weighted by Gasteiger charge is -2.58. The van der Waals surface area contributed by atoms with Gasteiger partial charge in [0, 0.05) is 30.8 Å². The van der Waals surface area contributed by atoms with Crippen molar-refractivity contribution in [2.75, 3.05) is 20.3 Å². The molecule has 5 rings (SSSR count). The van der Waals surface area contributed by atoms with Crippen molar-refractivity contribution in [3.63, 3.8) is 0 Å². The van der Waals surface area contributed by atoms with Gasteiger partial charge in [0.25, 0.3) is 0 Å². The van der Waals surface area contributed by atoms with E-state index in [0.717, 1.165) is 26.4 Å². The largest absolute Gasteiger partial charge is 0.465 e. The first-order chi connectivity index (χ1) is 15.3. The Hall–Kier alpha value is -1.18. The van der Waals surface area contributed by atoms with Gasteiger partial charge in [0.05, 0.1) is 25.2 Å². The lowest BCUT2D eigenvalue weighted by molar-refractivity contribution is -0.231. The van der Waals surface area contributed by atoms with Gasteiger partial charge in [-0.2, -0.15) is 0 Å². The molecule has 0 aromatic carbocycles. The summed E-state index contributed by atoms with van der Waals surface area (Å²) in [7, 11) is 1.00. The molecule has 3 heterocycles. The molecule has 0 amide bonds. The molecule has 1 N–H and O–H groups in total. The molecule has 7 nitrogen and oxygen atoms in total. The van der Waals surface area contributed by atoms with Crippen molar-refractivity contribution in [1.82, 2.24) is 0 Å². The Labute approximate surface area is 192 Å². The Morgan fingerprint density at radius 2 is 1.94 bits per heavy atom. The summed E-state index contributed by atoms with van der Waals surface area (Å²) < 4.78 is 24.4. The second-order valence-electron chi connectivity index (χ2n) is 10.1. The number of esters is 2. The lowest BCUT2D eigenvalue weighted by Crippen LogP contribution is -2.67. The molecule has 32 heavy (non-hydrogen) atoms. The number of cyclic esters (lactones) is 1. The van der Waals surface area contributed by atoms with Crippen LogP contribution in [0.15, 0.2) is 0 Å². The molecule has 3 aliphatic heterocycles. The number of rotatable bonds is 3. The molecule has 3 saturated heterocycles. The summed E-state index contributed by atoms with van der Waals surface area (Å²) in [6.07, 6.45) is 2.75. The molecule has 5 fully saturated rings. The van der Waals surface area contributed by atoms with Gasteiger partial charge in [0.2, 0.25) is 0 Å². The van der Waals surface area contributed by atoms with E-state index in [1.807, 2.05) is 20.8 Å². The molecule has 9 atom stereocenters. The fourth-order valence-electron chi connectivity index (χ4n) is 7.02. The summed E-state index contributed by atoms with van der Waals surface area (Å²) in [5.41, 5.74) is -0.467. The van der Waals surface area contributed by atoms with E-state index in [4.69, 9.17) is 24.1 Å². The number of aliphatic hydroxyl groups is 1. The molecular weight excluding hydrogens is 412 g/mol. The third kappa shape index (κ3) is 3.59. The number of ether oxygens (including phenoxy) is 4. The van der Waals surface area contributed by atoms with Gasteiger partial charge < -0.3 is 24.1 Å². The molecular formula is C25H42O7. The standard InChI is InChI=1S/C22H32O6.C2H6.CH4O/c1-5-17(23)27-18-13(11(2)3)8-16-22(28-16)19(18)25-10-15-14-9-26-20(24)12(14)6-7-21(15,22)4;2*1-2/h11-16,18-19H,5-10H2,1-4H3;1-2H3;2H,1H3. The van der Waals surface area contributed by atoms with Gasteiger partial charge >= 0.3 is 11.9 Å². The normalized spacial score (nSPS) is 45.4. The van der Waals surface area contributed by atoms with Crippen LogP contribution >= 0.6 is 0 Å². The Morgan fingerprint density at radius 3 is 2.56 bits per heavy atom. The van der Waals surface area contributed by atoms with Gasteiger partial charge in [0.1, 0.15) is 17.8 Å². The van der Waals surface area contributed by atoms with Gasteiger partial charge in [-0.05, 0) is 31.1 Å². The minimum atomic E-state index is -0.392. The molecule has 0 bridgehead atoms. The van der Waals surface area contributed by atoms with Crippen LogP contribution in [0.4, 0.5) is 0 Å². The molecule has 1 spiro atoms. The zero-order valence-corrected chi connectivity index (χ0v) is 20.8. The third-order valence-electron chi connectivity index (χ3n) is 8.70. The minimum Gasteiger partial charge on any atom is -0.465 e.